The van der Waals surface area contributed by atoms with Crippen molar-refractivity contribution in [2.24, 2.45) is 0 Å². The highest BCUT2D eigenvalue weighted by Crippen LogP contribution is 2.15. The minimum atomic E-state index is -0.251. The van der Waals surface area contributed by atoms with Gasteiger partial charge < -0.3 is 0 Å². The SMILES string of the molecule is O=C(c1cc(Cl)nc(Cl)c1)n1ccnc1. The lowest BCUT2D eigenvalue weighted by Gasteiger charge is -2.01. The molecule has 0 saturated heterocycles. The van der Waals surface area contributed by atoms with E-state index in [1.54, 1.807) is 6.20 Å². The number of hydrogen-bond acceptors (Lipinski definition) is 3. The van der Waals surface area contributed by atoms with Gasteiger partial charge >= 0.3 is 0 Å². The highest BCUT2D eigenvalue weighted by atomic mass is 35.5. The van der Waals surface area contributed by atoms with Gasteiger partial charge in [0.1, 0.15) is 16.6 Å². The Labute approximate surface area is 95.5 Å². The van der Waals surface area contributed by atoms with Gasteiger partial charge in [0.15, 0.2) is 0 Å². The van der Waals surface area contributed by atoms with Gasteiger partial charge in [-0.15, -0.1) is 0 Å². The van der Waals surface area contributed by atoms with Gasteiger partial charge in [-0.25, -0.2) is 9.97 Å². The predicted molar refractivity (Wildman–Crippen MR) is 56.2 cm³/mol. The second-order valence-corrected chi connectivity index (χ2v) is 3.55. The van der Waals surface area contributed by atoms with Crippen LogP contribution in [0.4, 0.5) is 0 Å². The Morgan fingerprint density at radius 1 is 1.27 bits per heavy atom. The Kier molecular flexibility index (Phi) is 2.70. The van der Waals surface area contributed by atoms with Gasteiger partial charge in [0, 0.05) is 18.0 Å². The van der Waals surface area contributed by atoms with E-state index in [1.165, 1.54) is 29.2 Å². The van der Waals surface area contributed by atoms with Crippen molar-refractivity contribution in [2.45, 2.75) is 0 Å². The number of aromatic nitrogens is 3. The van der Waals surface area contributed by atoms with Crippen LogP contribution in [0, 0.1) is 0 Å². The lowest BCUT2D eigenvalue weighted by Crippen LogP contribution is -2.09. The van der Waals surface area contributed by atoms with E-state index < -0.39 is 0 Å². The third kappa shape index (κ3) is 2.16. The molecule has 0 spiro atoms. The van der Waals surface area contributed by atoms with Crippen molar-refractivity contribution in [2.75, 3.05) is 0 Å². The van der Waals surface area contributed by atoms with Crippen LogP contribution in [0.15, 0.2) is 30.9 Å². The first-order valence-electron chi connectivity index (χ1n) is 4.02. The fraction of sp³-hybridized carbons (Fsp3) is 0. The first kappa shape index (κ1) is 10.1. The first-order chi connectivity index (χ1) is 7.16. The van der Waals surface area contributed by atoms with Crippen molar-refractivity contribution in [1.82, 2.24) is 14.5 Å². The summed E-state index contributed by atoms with van der Waals surface area (Å²) in [5.41, 5.74) is 0.373. The molecule has 15 heavy (non-hydrogen) atoms. The molecule has 4 nitrogen and oxygen atoms in total. The number of imidazole rings is 1. The van der Waals surface area contributed by atoms with Crippen molar-refractivity contribution >= 4 is 29.1 Å². The minimum Gasteiger partial charge on any atom is -0.272 e. The third-order valence-electron chi connectivity index (χ3n) is 1.75. The van der Waals surface area contributed by atoms with E-state index in [4.69, 9.17) is 23.2 Å². The van der Waals surface area contributed by atoms with Crippen molar-refractivity contribution in [3.8, 4) is 0 Å². The fourth-order valence-corrected chi connectivity index (χ4v) is 1.58. The molecule has 2 heterocycles. The van der Waals surface area contributed by atoms with Gasteiger partial charge in [0.05, 0.1) is 0 Å². The van der Waals surface area contributed by atoms with Crippen LogP contribution in [0.25, 0.3) is 0 Å². The standard InChI is InChI=1S/C9H5Cl2N3O/c10-7-3-6(4-8(11)13-7)9(15)14-2-1-12-5-14/h1-5H. The number of carbonyl (C=O) groups is 1. The molecule has 0 fully saturated rings. The summed E-state index contributed by atoms with van der Waals surface area (Å²) in [4.78, 5) is 19.3. The van der Waals surface area contributed by atoms with Gasteiger partial charge in [-0.1, -0.05) is 23.2 Å². The summed E-state index contributed by atoms with van der Waals surface area (Å²) < 4.78 is 1.34. The lowest BCUT2D eigenvalue weighted by atomic mass is 10.2. The molecule has 0 unspecified atom stereocenters. The molecule has 0 amide bonds. The van der Waals surface area contributed by atoms with Gasteiger partial charge in [-0.05, 0) is 12.1 Å². The molecule has 2 aromatic rings. The number of halogens is 2. The normalized spacial score (nSPS) is 10.3. The van der Waals surface area contributed by atoms with Crippen LogP contribution in [-0.2, 0) is 0 Å². The smallest absolute Gasteiger partial charge is 0.263 e. The van der Waals surface area contributed by atoms with Crippen molar-refractivity contribution in [3.05, 3.63) is 46.7 Å². The molecule has 0 aromatic carbocycles. The lowest BCUT2D eigenvalue weighted by molar-refractivity contribution is 0.0959. The summed E-state index contributed by atoms with van der Waals surface area (Å²) in [6.07, 6.45) is 4.47. The van der Waals surface area contributed by atoms with Crippen molar-refractivity contribution in [1.29, 1.82) is 0 Å². The predicted octanol–water partition coefficient (Wildman–Crippen LogP) is 2.27. The summed E-state index contributed by atoms with van der Waals surface area (Å²) >= 11 is 11.4. The van der Waals surface area contributed by atoms with Gasteiger partial charge in [0.2, 0.25) is 0 Å². The monoisotopic (exact) mass is 241 g/mol. The number of rotatable bonds is 1. The van der Waals surface area contributed by atoms with E-state index in [-0.39, 0.29) is 16.2 Å². The Morgan fingerprint density at radius 2 is 1.93 bits per heavy atom. The molecule has 0 radical (unpaired) electrons. The molecule has 0 aliphatic carbocycles. The quantitative estimate of drug-likeness (QED) is 0.720. The molecule has 2 rings (SSSR count). The Morgan fingerprint density at radius 3 is 2.47 bits per heavy atom. The average molecular weight is 242 g/mol. The Balaban J connectivity index is 2.42. The highest BCUT2D eigenvalue weighted by molar-refractivity contribution is 6.33. The fourth-order valence-electron chi connectivity index (χ4n) is 1.12. The zero-order valence-corrected chi connectivity index (χ0v) is 8.90. The van der Waals surface area contributed by atoms with Crippen LogP contribution < -0.4 is 0 Å². The molecule has 6 heteroatoms. The number of hydrogen-bond donors (Lipinski definition) is 0. The summed E-state index contributed by atoms with van der Waals surface area (Å²) in [6.45, 7) is 0. The van der Waals surface area contributed by atoms with Gasteiger partial charge in [-0.2, -0.15) is 0 Å². The van der Waals surface area contributed by atoms with E-state index in [0.29, 0.717) is 5.56 Å². The van der Waals surface area contributed by atoms with Crippen LogP contribution in [0.2, 0.25) is 10.3 Å². The molecule has 2 aromatic heterocycles. The van der Waals surface area contributed by atoms with Crippen LogP contribution in [0.1, 0.15) is 10.4 Å². The summed E-state index contributed by atoms with van der Waals surface area (Å²) in [5, 5.41) is 0.372. The molecular formula is C9H5Cl2N3O. The minimum absolute atomic E-state index is 0.186. The van der Waals surface area contributed by atoms with Gasteiger partial charge in [-0.3, -0.25) is 9.36 Å². The Bertz CT molecular complexity index is 476. The van der Waals surface area contributed by atoms with E-state index >= 15 is 0 Å². The summed E-state index contributed by atoms with van der Waals surface area (Å²) in [5.74, 6) is -0.251. The zero-order chi connectivity index (χ0) is 10.8. The summed E-state index contributed by atoms with van der Waals surface area (Å²) in [7, 11) is 0. The maximum Gasteiger partial charge on any atom is 0.263 e. The second kappa shape index (κ2) is 4.00. The van der Waals surface area contributed by atoms with Crippen LogP contribution in [0.3, 0.4) is 0 Å². The molecule has 0 atom stereocenters. The number of pyridine rings is 1. The second-order valence-electron chi connectivity index (χ2n) is 2.78. The highest BCUT2D eigenvalue weighted by Gasteiger charge is 2.09. The van der Waals surface area contributed by atoms with Gasteiger partial charge in [0.25, 0.3) is 5.91 Å². The maximum absolute atomic E-state index is 11.8. The van der Waals surface area contributed by atoms with Crippen molar-refractivity contribution in [3.63, 3.8) is 0 Å². The maximum atomic E-state index is 11.8. The van der Waals surface area contributed by atoms with E-state index in [0.717, 1.165) is 0 Å². The first-order valence-corrected chi connectivity index (χ1v) is 4.78. The molecule has 0 aliphatic rings. The number of carbonyl (C=O) groups excluding carboxylic acids is 1. The van der Waals surface area contributed by atoms with Crippen LogP contribution in [0.5, 0.6) is 0 Å². The largest absolute Gasteiger partial charge is 0.272 e. The van der Waals surface area contributed by atoms with E-state index in [1.807, 2.05) is 0 Å². The third-order valence-corrected chi connectivity index (χ3v) is 2.14. The molecule has 0 saturated carbocycles. The molecule has 76 valence electrons. The molecule has 0 aliphatic heterocycles. The Hall–Kier alpha value is -1.39. The molecular weight excluding hydrogens is 237 g/mol. The molecule has 0 N–H and O–H groups in total. The van der Waals surface area contributed by atoms with E-state index in [9.17, 15) is 4.79 Å². The van der Waals surface area contributed by atoms with Crippen LogP contribution >= 0.6 is 23.2 Å². The van der Waals surface area contributed by atoms with Crippen LogP contribution in [-0.4, -0.2) is 20.4 Å². The average Bonchev–Trinajstić information content (AvgIpc) is 2.67. The topological polar surface area (TPSA) is 47.8 Å². The molecule has 0 bridgehead atoms. The summed E-state index contributed by atoms with van der Waals surface area (Å²) in [6, 6.07) is 2.91. The van der Waals surface area contributed by atoms with Crippen molar-refractivity contribution < 1.29 is 4.79 Å². The zero-order valence-electron chi connectivity index (χ0n) is 7.39. The van der Waals surface area contributed by atoms with E-state index in [2.05, 4.69) is 9.97 Å². The number of nitrogens with zero attached hydrogens (tertiary/aromatic N) is 3.